The largest absolute Gasteiger partial charge is 0.493 e. The van der Waals surface area contributed by atoms with Gasteiger partial charge in [-0.25, -0.2) is 9.77 Å². The Morgan fingerprint density at radius 1 is 1.03 bits per heavy atom. The maximum Gasteiger partial charge on any atom is 0.214 e. The molecule has 7 nitrogen and oxygen atoms in total. The molecular weight excluding hydrogens is 505 g/mol. The number of aromatic nitrogens is 4. The molecule has 4 rings (SSSR count). The van der Waals surface area contributed by atoms with E-state index in [1.165, 1.54) is 0 Å². The van der Waals surface area contributed by atoms with Gasteiger partial charge in [0, 0.05) is 44.7 Å². The van der Waals surface area contributed by atoms with Crippen molar-refractivity contribution in [2.75, 3.05) is 12.5 Å². The lowest BCUT2D eigenvalue weighted by Gasteiger charge is -2.16. The molecule has 2 aromatic carbocycles. The van der Waals surface area contributed by atoms with Gasteiger partial charge < -0.3 is 14.9 Å². The number of hydrogen-bond donors (Lipinski definition) is 2. The maximum absolute atomic E-state index is 6.54. The SMILES string of the molecule is COc1cc(CNn2c(-c3ccncc3)n[nH]c2=S)c(Cl)cc1OCc1c(Cl)cccc1Cl. The van der Waals surface area contributed by atoms with E-state index in [0.29, 0.717) is 49.3 Å². The van der Waals surface area contributed by atoms with Crippen molar-refractivity contribution >= 4 is 47.0 Å². The summed E-state index contributed by atoms with van der Waals surface area (Å²) in [4.78, 5) is 4.03. The maximum atomic E-state index is 6.54. The Morgan fingerprint density at radius 3 is 2.45 bits per heavy atom. The van der Waals surface area contributed by atoms with Crippen LogP contribution in [-0.2, 0) is 13.2 Å². The number of nitrogens with one attached hydrogen (secondary N) is 2. The second-order valence-electron chi connectivity index (χ2n) is 6.84. The summed E-state index contributed by atoms with van der Waals surface area (Å²) >= 11 is 24.4. The van der Waals surface area contributed by atoms with E-state index in [-0.39, 0.29) is 6.61 Å². The smallest absolute Gasteiger partial charge is 0.214 e. The summed E-state index contributed by atoms with van der Waals surface area (Å²) in [6, 6.07) is 12.5. The standard InChI is InChI=1S/C22H18Cl3N5O2S/c1-31-19-9-14(11-27-30-21(28-29-22(30)33)13-5-7-26-8-6-13)18(25)10-20(19)32-12-15-16(23)3-2-4-17(15)24/h2-10,27H,11-12H2,1H3,(H,29,33). The molecule has 0 bridgehead atoms. The van der Waals surface area contributed by atoms with Crippen LogP contribution >= 0.6 is 47.0 Å². The van der Waals surface area contributed by atoms with E-state index in [0.717, 1.165) is 11.1 Å². The van der Waals surface area contributed by atoms with Gasteiger partial charge in [0.15, 0.2) is 17.3 Å². The fourth-order valence-electron chi connectivity index (χ4n) is 3.11. The molecule has 0 saturated heterocycles. The summed E-state index contributed by atoms with van der Waals surface area (Å²) in [5, 5.41) is 8.62. The van der Waals surface area contributed by atoms with Gasteiger partial charge in [-0.3, -0.25) is 4.98 Å². The third-order valence-corrected chi connectivity index (χ3v) is 6.14. The molecule has 0 spiro atoms. The number of hydrogen-bond acceptors (Lipinski definition) is 6. The Labute approximate surface area is 210 Å². The number of pyridine rings is 1. The summed E-state index contributed by atoms with van der Waals surface area (Å²) < 4.78 is 13.5. The number of benzene rings is 2. The molecule has 170 valence electrons. The number of methoxy groups -OCH3 is 1. The third kappa shape index (κ3) is 5.25. The van der Waals surface area contributed by atoms with Gasteiger partial charge in [0.25, 0.3) is 0 Å². The zero-order valence-corrected chi connectivity index (χ0v) is 20.4. The molecule has 0 aliphatic carbocycles. The van der Waals surface area contributed by atoms with Crippen molar-refractivity contribution in [2.24, 2.45) is 0 Å². The number of ether oxygens (including phenoxy) is 2. The number of aromatic amines is 1. The van der Waals surface area contributed by atoms with E-state index in [2.05, 4.69) is 20.6 Å². The lowest BCUT2D eigenvalue weighted by atomic mass is 10.2. The number of H-pyrrole nitrogens is 1. The predicted octanol–water partition coefficient (Wildman–Crippen LogP) is 6.29. The molecule has 0 aliphatic heterocycles. The van der Waals surface area contributed by atoms with E-state index in [1.54, 1.807) is 54.5 Å². The van der Waals surface area contributed by atoms with Crippen LogP contribution in [0.2, 0.25) is 15.1 Å². The van der Waals surface area contributed by atoms with Gasteiger partial charge in [-0.1, -0.05) is 40.9 Å². The second-order valence-corrected chi connectivity index (χ2v) is 8.45. The minimum Gasteiger partial charge on any atom is -0.493 e. The summed E-state index contributed by atoms with van der Waals surface area (Å²) in [7, 11) is 1.56. The van der Waals surface area contributed by atoms with Crippen LogP contribution in [-0.4, -0.2) is 27.0 Å². The number of rotatable bonds is 8. The molecule has 2 heterocycles. The van der Waals surface area contributed by atoms with Gasteiger partial charge in [-0.2, -0.15) is 5.10 Å². The molecule has 2 aromatic heterocycles. The molecule has 2 N–H and O–H groups in total. The Kier molecular flexibility index (Phi) is 7.39. The summed E-state index contributed by atoms with van der Waals surface area (Å²) in [5.41, 5.74) is 5.56. The van der Waals surface area contributed by atoms with Crippen molar-refractivity contribution in [3.8, 4) is 22.9 Å². The summed E-state index contributed by atoms with van der Waals surface area (Å²) in [6.45, 7) is 0.528. The topological polar surface area (TPSA) is 77.0 Å². The van der Waals surface area contributed by atoms with Crippen LogP contribution in [0.1, 0.15) is 11.1 Å². The van der Waals surface area contributed by atoms with Crippen LogP contribution in [0.4, 0.5) is 0 Å². The second kappa shape index (κ2) is 10.4. The Hall–Kier alpha value is -2.78. The van der Waals surface area contributed by atoms with E-state index in [9.17, 15) is 0 Å². The first kappa shape index (κ1) is 23.4. The van der Waals surface area contributed by atoms with Crippen molar-refractivity contribution in [3.05, 3.63) is 85.8 Å². The van der Waals surface area contributed by atoms with E-state index in [4.69, 9.17) is 56.5 Å². The zero-order chi connectivity index (χ0) is 23.4. The van der Waals surface area contributed by atoms with Crippen molar-refractivity contribution < 1.29 is 9.47 Å². The van der Waals surface area contributed by atoms with Crippen LogP contribution in [0, 0.1) is 4.77 Å². The van der Waals surface area contributed by atoms with Gasteiger partial charge >= 0.3 is 0 Å². The van der Waals surface area contributed by atoms with E-state index in [1.807, 2.05) is 12.1 Å². The lowest BCUT2D eigenvalue weighted by molar-refractivity contribution is 0.284. The van der Waals surface area contributed by atoms with Crippen LogP contribution in [0.3, 0.4) is 0 Å². The van der Waals surface area contributed by atoms with Gasteiger partial charge in [-0.15, -0.1) is 0 Å². The van der Waals surface area contributed by atoms with Gasteiger partial charge in [-0.05, 0) is 48.1 Å². The first-order chi connectivity index (χ1) is 16.0. The zero-order valence-electron chi connectivity index (χ0n) is 17.3. The molecule has 4 aromatic rings. The highest BCUT2D eigenvalue weighted by molar-refractivity contribution is 7.71. The van der Waals surface area contributed by atoms with Crippen molar-refractivity contribution in [1.29, 1.82) is 0 Å². The monoisotopic (exact) mass is 521 g/mol. The molecule has 0 unspecified atom stereocenters. The highest BCUT2D eigenvalue weighted by atomic mass is 35.5. The summed E-state index contributed by atoms with van der Waals surface area (Å²) in [5.74, 6) is 1.62. The molecule has 33 heavy (non-hydrogen) atoms. The normalized spacial score (nSPS) is 10.8. The van der Waals surface area contributed by atoms with Gasteiger partial charge in [0.05, 0.1) is 13.7 Å². The average Bonchev–Trinajstić information content (AvgIpc) is 3.19. The van der Waals surface area contributed by atoms with Crippen LogP contribution in [0.25, 0.3) is 11.4 Å². The Morgan fingerprint density at radius 2 is 1.76 bits per heavy atom. The minimum atomic E-state index is 0.169. The molecule has 0 radical (unpaired) electrons. The summed E-state index contributed by atoms with van der Waals surface area (Å²) in [6.07, 6.45) is 3.38. The minimum absolute atomic E-state index is 0.169. The molecule has 0 amide bonds. The molecule has 0 aliphatic rings. The Bertz CT molecular complexity index is 1310. The Balaban J connectivity index is 1.54. The van der Waals surface area contributed by atoms with Crippen LogP contribution in [0.5, 0.6) is 11.5 Å². The van der Waals surface area contributed by atoms with Crippen LogP contribution < -0.4 is 14.9 Å². The number of halogens is 3. The van der Waals surface area contributed by atoms with E-state index >= 15 is 0 Å². The quantitative estimate of drug-likeness (QED) is 0.265. The first-order valence-corrected chi connectivity index (χ1v) is 11.3. The number of nitrogens with zero attached hydrogens (tertiary/aromatic N) is 3. The van der Waals surface area contributed by atoms with Gasteiger partial charge in [0.2, 0.25) is 4.77 Å². The highest BCUT2D eigenvalue weighted by Crippen LogP contribution is 2.35. The fraction of sp³-hybridized carbons (Fsp3) is 0.136. The third-order valence-electron chi connectivity index (χ3n) is 4.80. The molecule has 11 heteroatoms. The van der Waals surface area contributed by atoms with Crippen molar-refractivity contribution in [2.45, 2.75) is 13.2 Å². The van der Waals surface area contributed by atoms with Gasteiger partial charge in [0.1, 0.15) is 6.61 Å². The molecule has 0 atom stereocenters. The fourth-order valence-corrected chi connectivity index (χ4v) is 4.03. The van der Waals surface area contributed by atoms with Crippen molar-refractivity contribution in [3.63, 3.8) is 0 Å². The van der Waals surface area contributed by atoms with Crippen molar-refractivity contribution in [1.82, 2.24) is 19.9 Å². The molecular formula is C22H18Cl3N5O2S. The highest BCUT2D eigenvalue weighted by Gasteiger charge is 2.14. The lowest BCUT2D eigenvalue weighted by Crippen LogP contribution is -2.16. The molecule has 0 saturated carbocycles. The van der Waals surface area contributed by atoms with Crippen LogP contribution in [0.15, 0.2) is 54.9 Å². The predicted molar refractivity (Wildman–Crippen MR) is 133 cm³/mol. The van der Waals surface area contributed by atoms with E-state index < -0.39 is 0 Å². The average molecular weight is 523 g/mol. The molecule has 0 fully saturated rings. The first-order valence-electron chi connectivity index (χ1n) is 9.71.